The molecule has 5 unspecified atom stereocenters. The second-order valence-electron chi connectivity index (χ2n) is 8.24. The second kappa shape index (κ2) is 8.03. The highest BCUT2D eigenvalue weighted by Gasteiger charge is 2.59. The second-order valence-corrected chi connectivity index (χ2v) is 8.65. The van der Waals surface area contributed by atoms with Crippen LogP contribution in [0.25, 0.3) is 0 Å². The first-order valence-corrected chi connectivity index (χ1v) is 9.94. The van der Waals surface area contributed by atoms with E-state index in [1.165, 1.54) is 6.07 Å². The molecule has 4 nitrogen and oxygen atoms in total. The molecular formula is C20H28ClFIN3O. The van der Waals surface area contributed by atoms with Gasteiger partial charge in [0.1, 0.15) is 5.82 Å². The minimum Gasteiger partial charge on any atom is -0.377 e. The molecule has 2 N–H and O–H groups in total. The predicted octanol–water partition coefficient (Wildman–Crippen LogP) is 4.32. The van der Waals surface area contributed by atoms with Crippen molar-refractivity contribution in [3.05, 3.63) is 34.6 Å². The molecule has 5 atom stereocenters. The van der Waals surface area contributed by atoms with Crippen LogP contribution in [0.3, 0.4) is 0 Å². The lowest BCUT2D eigenvalue weighted by molar-refractivity contribution is -0.106. The van der Waals surface area contributed by atoms with E-state index in [0.717, 1.165) is 25.4 Å². The molecule has 4 rings (SSSR count). The van der Waals surface area contributed by atoms with Gasteiger partial charge in [0.25, 0.3) is 0 Å². The van der Waals surface area contributed by atoms with Crippen LogP contribution in [-0.4, -0.2) is 37.3 Å². The summed E-state index contributed by atoms with van der Waals surface area (Å²) < 4.78 is 20.0. The largest absolute Gasteiger partial charge is 0.377 e. The van der Waals surface area contributed by atoms with Crippen LogP contribution in [0.5, 0.6) is 0 Å². The molecule has 0 amide bonds. The van der Waals surface area contributed by atoms with Gasteiger partial charge in [-0.2, -0.15) is 0 Å². The maximum atomic E-state index is 14.2. The van der Waals surface area contributed by atoms with Gasteiger partial charge in [-0.3, -0.25) is 4.99 Å². The topological polar surface area (TPSA) is 45.7 Å². The van der Waals surface area contributed by atoms with E-state index in [4.69, 9.17) is 16.3 Å². The van der Waals surface area contributed by atoms with Gasteiger partial charge in [0.05, 0.1) is 6.10 Å². The number of ether oxygens (including phenoxy) is 1. The zero-order chi connectivity index (χ0) is 18.5. The van der Waals surface area contributed by atoms with E-state index >= 15 is 0 Å². The number of nitrogens with zero attached hydrogens (tertiary/aromatic N) is 1. The third-order valence-electron chi connectivity index (χ3n) is 6.19. The number of fused-ring (bicyclic) bond motifs is 1. The lowest BCUT2D eigenvalue weighted by atomic mass is 9.57. The molecule has 1 saturated heterocycles. The minimum atomic E-state index is -0.222. The van der Waals surface area contributed by atoms with E-state index in [9.17, 15) is 4.39 Å². The Morgan fingerprint density at radius 1 is 1.37 bits per heavy atom. The Morgan fingerprint density at radius 3 is 2.85 bits per heavy atom. The van der Waals surface area contributed by atoms with Gasteiger partial charge in [0, 0.05) is 53.1 Å². The van der Waals surface area contributed by atoms with E-state index in [1.807, 2.05) is 6.92 Å². The maximum absolute atomic E-state index is 14.2. The Kier molecular flexibility index (Phi) is 6.28. The number of guanidine groups is 1. The van der Waals surface area contributed by atoms with Crippen LogP contribution in [0.4, 0.5) is 4.39 Å². The summed E-state index contributed by atoms with van der Waals surface area (Å²) in [5, 5.41) is 7.61. The van der Waals surface area contributed by atoms with Gasteiger partial charge in [-0.25, -0.2) is 4.39 Å². The summed E-state index contributed by atoms with van der Waals surface area (Å²) >= 11 is 6.21. The number of benzene rings is 1. The fourth-order valence-corrected chi connectivity index (χ4v) is 5.07. The monoisotopic (exact) mass is 507 g/mol. The van der Waals surface area contributed by atoms with Crippen molar-refractivity contribution >= 4 is 41.5 Å². The Labute approximate surface area is 182 Å². The van der Waals surface area contributed by atoms with E-state index in [-0.39, 0.29) is 47.2 Å². The summed E-state index contributed by atoms with van der Waals surface area (Å²) in [4.78, 5) is 4.61. The number of hydrogen-bond donors (Lipinski definition) is 2. The third-order valence-corrected chi connectivity index (χ3v) is 6.52. The lowest BCUT2D eigenvalue weighted by Crippen LogP contribution is -2.68. The van der Waals surface area contributed by atoms with Crippen LogP contribution >= 0.6 is 35.6 Å². The average molecular weight is 508 g/mol. The molecule has 0 radical (unpaired) electrons. The highest BCUT2D eigenvalue weighted by molar-refractivity contribution is 14.0. The van der Waals surface area contributed by atoms with Crippen molar-refractivity contribution in [2.45, 2.75) is 57.7 Å². The van der Waals surface area contributed by atoms with Crippen LogP contribution in [-0.2, 0) is 4.74 Å². The zero-order valence-electron chi connectivity index (χ0n) is 16.0. The van der Waals surface area contributed by atoms with Gasteiger partial charge in [-0.05, 0) is 31.9 Å². The molecule has 3 fully saturated rings. The Hall–Kier alpha value is -0.600. The van der Waals surface area contributed by atoms with Gasteiger partial charge in [0.15, 0.2) is 5.96 Å². The molecule has 1 heterocycles. The highest BCUT2D eigenvalue weighted by atomic mass is 127. The smallest absolute Gasteiger partial charge is 0.191 e. The summed E-state index contributed by atoms with van der Waals surface area (Å²) in [5.74, 6) is 1.24. The molecule has 150 valence electrons. The van der Waals surface area contributed by atoms with Gasteiger partial charge in [0.2, 0.25) is 0 Å². The van der Waals surface area contributed by atoms with Gasteiger partial charge >= 0.3 is 0 Å². The molecule has 1 aromatic carbocycles. The van der Waals surface area contributed by atoms with Gasteiger partial charge in [-0.1, -0.05) is 31.5 Å². The van der Waals surface area contributed by atoms with Gasteiger partial charge in [-0.15, -0.1) is 24.0 Å². The molecular weight excluding hydrogens is 480 g/mol. The maximum Gasteiger partial charge on any atom is 0.191 e. The standard InChI is InChI=1S/C20H27ClFN3O.HI/c1-4-23-19(25-17-11-8-9-26-18(11)20(17,2)3)24-15-10-12(15)16-13(21)6-5-7-14(16)22;/h5-7,11-12,15,17-18H,4,8-10H2,1-3H3,(H2,23,24,25);1H. The third kappa shape index (κ3) is 3.81. The lowest BCUT2D eigenvalue weighted by Gasteiger charge is -2.55. The average Bonchev–Trinajstić information content (AvgIpc) is 3.17. The number of nitrogens with one attached hydrogen (secondary N) is 2. The van der Waals surface area contributed by atoms with Crippen molar-refractivity contribution in [1.82, 2.24) is 10.6 Å². The normalized spacial score (nSPS) is 33.5. The van der Waals surface area contributed by atoms with E-state index in [1.54, 1.807) is 12.1 Å². The molecule has 2 saturated carbocycles. The first-order valence-electron chi connectivity index (χ1n) is 9.56. The first kappa shape index (κ1) is 21.1. The van der Waals surface area contributed by atoms with Crippen molar-refractivity contribution in [3.63, 3.8) is 0 Å². The molecule has 0 spiro atoms. The molecule has 0 bridgehead atoms. The fraction of sp³-hybridized carbons (Fsp3) is 0.650. The Bertz CT molecular complexity index is 709. The fourth-order valence-electron chi connectivity index (χ4n) is 4.77. The zero-order valence-corrected chi connectivity index (χ0v) is 19.1. The summed E-state index contributed by atoms with van der Waals surface area (Å²) in [6.07, 6.45) is 2.31. The molecule has 7 heteroatoms. The summed E-state index contributed by atoms with van der Waals surface area (Å²) in [6.45, 7) is 8.07. The van der Waals surface area contributed by atoms with Crippen LogP contribution in [0.15, 0.2) is 23.2 Å². The van der Waals surface area contributed by atoms with E-state index in [2.05, 4.69) is 29.5 Å². The van der Waals surface area contributed by atoms with E-state index in [0.29, 0.717) is 35.2 Å². The van der Waals surface area contributed by atoms with Crippen molar-refractivity contribution in [2.75, 3.05) is 13.2 Å². The van der Waals surface area contributed by atoms with Crippen LogP contribution in [0.1, 0.15) is 45.1 Å². The van der Waals surface area contributed by atoms with Crippen LogP contribution in [0.2, 0.25) is 5.02 Å². The Morgan fingerprint density at radius 2 is 2.15 bits per heavy atom. The summed E-state index contributed by atoms with van der Waals surface area (Å²) in [5.41, 5.74) is 0.713. The summed E-state index contributed by atoms with van der Waals surface area (Å²) in [6, 6.07) is 5.40. The number of hydrogen-bond acceptors (Lipinski definition) is 2. The highest BCUT2D eigenvalue weighted by Crippen LogP contribution is 2.52. The van der Waals surface area contributed by atoms with Crippen molar-refractivity contribution < 1.29 is 9.13 Å². The van der Waals surface area contributed by atoms with Crippen molar-refractivity contribution in [1.29, 1.82) is 0 Å². The van der Waals surface area contributed by atoms with Crippen LogP contribution < -0.4 is 10.6 Å². The molecule has 1 aromatic rings. The Balaban J connectivity index is 0.00000210. The minimum absolute atomic E-state index is 0. The van der Waals surface area contributed by atoms with Crippen LogP contribution in [0, 0.1) is 17.2 Å². The van der Waals surface area contributed by atoms with Crippen molar-refractivity contribution in [2.24, 2.45) is 16.3 Å². The molecule has 27 heavy (non-hydrogen) atoms. The number of halogens is 3. The number of rotatable bonds is 4. The molecule has 0 aromatic heterocycles. The molecule has 1 aliphatic heterocycles. The summed E-state index contributed by atoms with van der Waals surface area (Å²) in [7, 11) is 0. The van der Waals surface area contributed by atoms with Gasteiger partial charge < -0.3 is 15.4 Å². The SMILES string of the molecule is CCN=C(NC1CC1c1c(F)cccc1Cl)NC1C2CCOC2C1(C)C.I. The quantitative estimate of drug-likeness (QED) is 0.362. The number of aliphatic imine (C=N–C) groups is 1. The predicted molar refractivity (Wildman–Crippen MR) is 118 cm³/mol. The molecule has 3 aliphatic rings. The van der Waals surface area contributed by atoms with E-state index < -0.39 is 0 Å². The van der Waals surface area contributed by atoms with Crippen molar-refractivity contribution in [3.8, 4) is 0 Å². The molecule has 2 aliphatic carbocycles. The first-order chi connectivity index (χ1) is 12.4.